The quantitative estimate of drug-likeness (QED) is 0.761. The van der Waals surface area contributed by atoms with Gasteiger partial charge in [-0.15, -0.1) is 0 Å². The molecule has 0 aliphatic rings. The molecular formula is C12H9BaFNO+2. The molecule has 0 saturated heterocycles. The molecule has 2 aromatic rings. The zero-order chi connectivity index (χ0) is 10.7. The first-order chi connectivity index (χ1) is 7.31. The molecule has 0 atom stereocenters. The van der Waals surface area contributed by atoms with E-state index in [1.165, 1.54) is 6.07 Å². The Morgan fingerprint density at radius 3 is 2.50 bits per heavy atom. The van der Waals surface area contributed by atoms with Gasteiger partial charge in [0.15, 0.2) is 0 Å². The third-order valence-corrected chi connectivity index (χ3v) is 2.11. The average Bonchev–Trinajstić information content (AvgIpc) is 2.30. The van der Waals surface area contributed by atoms with Crippen molar-refractivity contribution >= 4 is 48.9 Å². The van der Waals surface area contributed by atoms with Crippen LogP contribution in [-0.4, -0.2) is 48.9 Å². The predicted octanol–water partition coefficient (Wildman–Crippen LogP) is 1.34. The fourth-order valence-electron chi connectivity index (χ4n) is 1.40. The number of aromatic amines is 1. The summed E-state index contributed by atoms with van der Waals surface area (Å²) in [7, 11) is 0. The molecule has 0 aliphatic carbocycles. The van der Waals surface area contributed by atoms with Gasteiger partial charge in [0, 0.05) is 17.7 Å². The zero-order valence-electron chi connectivity index (χ0n) is 8.61. The smallest absolute Gasteiger partial charge is 0.872 e. The van der Waals surface area contributed by atoms with E-state index in [1.54, 1.807) is 36.4 Å². The number of hydrogen-bond donors (Lipinski definition) is 0. The largest absolute Gasteiger partial charge is 2.00 e. The van der Waals surface area contributed by atoms with Crippen molar-refractivity contribution in [1.82, 2.24) is 0 Å². The second-order valence-electron chi connectivity index (χ2n) is 3.13. The molecule has 0 amide bonds. The molecule has 2 nitrogen and oxygen atoms in total. The molecule has 0 saturated carbocycles. The normalized spacial score (nSPS) is 9.56. The molecular weight excluding hydrogens is 330 g/mol. The van der Waals surface area contributed by atoms with Crippen LogP contribution in [0.2, 0.25) is 0 Å². The third-order valence-electron chi connectivity index (χ3n) is 2.11. The van der Waals surface area contributed by atoms with Crippen molar-refractivity contribution in [2.45, 2.75) is 0 Å². The average molecular weight is 340 g/mol. The first-order valence-electron chi connectivity index (χ1n) is 4.53. The molecule has 16 heavy (non-hydrogen) atoms. The van der Waals surface area contributed by atoms with Gasteiger partial charge in [0.1, 0.15) is 0 Å². The maximum absolute atomic E-state index is 12.3. The van der Waals surface area contributed by atoms with Crippen LogP contribution in [0.15, 0.2) is 42.5 Å². The van der Waals surface area contributed by atoms with E-state index >= 15 is 0 Å². The molecule has 4 heteroatoms. The van der Waals surface area contributed by atoms with E-state index in [0.717, 1.165) is 0 Å². The number of hydrogen-bond acceptors (Lipinski definition) is 1. The summed E-state index contributed by atoms with van der Waals surface area (Å²) in [6.45, 7) is 0.469. The summed E-state index contributed by atoms with van der Waals surface area (Å²) < 4.78 is 12.3. The molecule has 75 valence electrons. The van der Waals surface area contributed by atoms with Crippen LogP contribution in [0.1, 0.15) is 5.69 Å². The molecule has 1 N–H and O–H groups in total. The third kappa shape index (κ3) is 3.09. The number of halogens is 1. The van der Waals surface area contributed by atoms with Crippen LogP contribution in [0.5, 0.6) is 5.75 Å². The summed E-state index contributed by atoms with van der Waals surface area (Å²) in [4.78, 5) is 2.82. The minimum atomic E-state index is -0.0789. The number of aromatic nitrogens is 1. The van der Waals surface area contributed by atoms with Crippen molar-refractivity contribution in [3.8, 4) is 17.0 Å². The van der Waals surface area contributed by atoms with Crippen LogP contribution in [-0.2, 0) is 0 Å². The van der Waals surface area contributed by atoms with E-state index < -0.39 is 0 Å². The molecule has 0 spiro atoms. The first-order valence-corrected chi connectivity index (χ1v) is 4.53. The number of benzene rings is 1. The van der Waals surface area contributed by atoms with Crippen LogP contribution in [0.3, 0.4) is 0 Å². The van der Waals surface area contributed by atoms with E-state index in [1.807, 2.05) is 0 Å². The maximum atomic E-state index is 12.3. The SMILES string of the molecule is [Ba+2].[O-]c1ccccc1-c1cccc([CH]F)[nH+]1. The Bertz CT molecular complexity index is 476. The second kappa shape index (κ2) is 6.42. The standard InChI is InChI=1S/C12H9FNO.Ba/c13-8-9-4-3-6-11(14-9)10-5-1-2-7-12(10)15;/h1-8,15H;/q;+2. The molecule has 0 fully saturated rings. The topological polar surface area (TPSA) is 37.2 Å². The summed E-state index contributed by atoms with van der Waals surface area (Å²) in [5, 5.41) is 11.5. The van der Waals surface area contributed by atoms with Crippen molar-refractivity contribution < 1.29 is 14.5 Å². The summed E-state index contributed by atoms with van der Waals surface area (Å²) in [6.07, 6.45) is 0. The van der Waals surface area contributed by atoms with Crippen molar-refractivity contribution in [3.63, 3.8) is 0 Å². The molecule has 0 aliphatic heterocycles. The maximum Gasteiger partial charge on any atom is 2.00 e. The second-order valence-corrected chi connectivity index (χ2v) is 3.13. The van der Waals surface area contributed by atoms with Gasteiger partial charge in [-0.25, -0.2) is 9.37 Å². The van der Waals surface area contributed by atoms with Gasteiger partial charge >= 0.3 is 48.9 Å². The van der Waals surface area contributed by atoms with Crippen LogP contribution >= 0.6 is 0 Å². The van der Waals surface area contributed by atoms with Gasteiger partial charge < -0.3 is 5.11 Å². The van der Waals surface area contributed by atoms with Crippen molar-refractivity contribution in [2.75, 3.05) is 0 Å². The van der Waals surface area contributed by atoms with E-state index in [-0.39, 0.29) is 54.6 Å². The van der Waals surface area contributed by atoms with Gasteiger partial charge in [0.05, 0.1) is 0 Å². The van der Waals surface area contributed by atoms with Crippen LogP contribution in [0, 0.1) is 6.67 Å². The first kappa shape index (κ1) is 13.7. The van der Waals surface area contributed by atoms with Gasteiger partial charge in [-0.3, -0.25) is 0 Å². The monoisotopic (exact) mass is 340 g/mol. The Morgan fingerprint density at radius 1 is 1.06 bits per heavy atom. The van der Waals surface area contributed by atoms with E-state index in [4.69, 9.17) is 0 Å². The van der Waals surface area contributed by atoms with E-state index in [2.05, 4.69) is 4.98 Å². The molecule has 2 rings (SSSR count). The van der Waals surface area contributed by atoms with Crippen LogP contribution in [0.25, 0.3) is 11.3 Å². The van der Waals surface area contributed by atoms with Crippen LogP contribution in [0.4, 0.5) is 4.39 Å². The van der Waals surface area contributed by atoms with Gasteiger partial charge in [0.25, 0.3) is 0 Å². The number of rotatable bonds is 2. The Morgan fingerprint density at radius 2 is 1.81 bits per heavy atom. The number of H-pyrrole nitrogens is 1. The van der Waals surface area contributed by atoms with Gasteiger partial charge in [-0.2, -0.15) is 0 Å². The van der Waals surface area contributed by atoms with Crippen molar-refractivity contribution in [1.29, 1.82) is 0 Å². The summed E-state index contributed by atoms with van der Waals surface area (Å²) in [5.74, 6) is -0.0789. The van der Waals surface area contributed by atoms with E-state index in [9.17, 15) is 9.50 Å². The Hall–Kier alpha value is -0.329. The fraction of sp³-hybridized carbons (Fsp3) is 0. The zero-order valence-corrected chi connectivity index (χ0v) is 13.1. The predicted molar refractivity (Wildman–Crippen MR) is 58.1 cm³/mol. The number of pyridine rings is 1. The molecule has 1 heterocycles. The van der Waals surface area contributed by atoms with Gasteiger partial charge in [-0.1, -0.05) is 23.9 Å². The molecule has 1 radical (unpaired) electrons. The molecule has 0 bridgehead atoms. The Kier molecular flexibility index (Phi) is 5.51. The molecule has 0 unspecified atom stereocenters. The number of nitrogens with one attached hydrogen (secondary N) is 1. The Labute approximate surface area is 134 Å². The molecule has 1 aromatic carbocycles. The minimum absolute atomic E-state index is 0. The van der Waals surface area contributed by atoms with Gasteiger partial charge in [0.2, 0.25) is 18.1 Å². The molecule has 1 aromatic heterocycles. The van der Waals surface area contributed by atoms with E-state index in [0.29, 0.717) is 23.6 Å². The fourth-order valence-corrected chi connectivity index (χ4v) is 1.40. The van der Waals surface area contributed by atoms with Crippen molar-refractivity contribution in [3.05, 3.63) is 54.8 Å². The Balaban J connectivity index is 0.00000128. The summed E-state index contributed by atoms with van der Waals surface area (Å²) in [6, 6.07) is 11.7. The van der Waals surface area contributed by atoms with Crippen LogP contribution < -0.4 is 10.1 Å². The summed E-state index contributed by atoms with van der Waals surface area (Å²) >= 11 is 0. The van der Waals surface area contributed by atoms with Gasteiger partial charge in [-0.05, 0) is 12.1 Å². The number of para-hydroxylation sites is 1. The minimum Gasteiger partial charge on any atom is -0.872 e. The summed E-state index contributed by atoms with van der Waals surface area (Å²) in [5.41, 5.74) is 1.50. The van der Waals surface area contributed by atoms with Crippen molar-refractivity contribution in [2.24, 2.45) is 0 Å².